The number of amides is 1. The van der Waals surface area contributed by atoms with Gasteiger partial charge in [0.25, 0.3) is 5.91 Å². The van der Waals surface area contributed by atoms with Crippen LogP contribution in [0.1, 0.15) is 10.4 Å². The van der Waals surface area contributed by atoms with E-state index in [-0.39, 0.29) is 12.1 Å². The van der Waals surface area contributed by atoms with Crippen LogP contribution in [0.4, 0.5) is 0 Å². The topological polar surface area (TPSA) is 84.3 Å². The average molecular weight is 181 g/mol. The molecule has 0 atom stereocenters. The van der Waals surface area contributed by atoms with Crippen LogP contribution in [0.3, 0.4) is 0 Å². The van der Waals surface area contributed by atoms with Crippen LogP contribution in [0.15, 0.2) is 24.5 Å². The number of carbonyl (C=O) groups excluding carboxylic acids is 1. The van der Waals surface area contributed by atoms with Gasteiger partial charge in [-0.3, -0.25) is 4.79 Å². The van der Waals surface area contributed by atoms with Gasteiger partial charge in [0, 0.05) is 6.07 Å². The van der Waals surface area contributed by atoms with Gasteiger partial charge in [-0.2, -0.15) is 4.57 Å². The summed E-state index contributed by atoms with van der Waals surface area (Å²) in [6.45, 7) is -0.0128. The van der Waals surface area contributed by atoms with Gasteiger partial charge in [0.05, 0.1) is 0 Å². The van der Waals surface area contributed by atoms with Crippen LogP contribution in [0, 0.1) is 0 Å². The second-order valence-corrected chi connectivity index (χ2v) is 2.54. The number of pyridine rings is 1. The quantitative estimate of drug-likeness (QED) is 0.596. The van der Waals surface area contributed by atoms with E-state index in [9.17, 15) is 9.59 Å². The molecule has 0 saturated heterocycles. The second-order valence-electron chi connectivity index (χ2n) is 2.54. The SMILES string of the molecule is NC(=O)C[n+]1cccc(C(=O)O)c1. The lowest BCUT2D eigenvalue weighted by atomic mass is 10.3. The first-order valence-electron chi connectivity index (χ1n) is 3.60. The monoisotopic (exact) mass is 181 g/mol. The van der Waals surface area contributed by atoms with Crippen molar-refractivity contribution in [2.45, 2.75) is 6.54 Å². The Bertz CT molecular complexity index is 349. The van der Waals surface area contributed by atoms with E-state index < -0.39 is 11.9 Å². The molecule has 0 aromatic carbocycles. The van der Waals surface area contributed by atoms with E-state index in [1.165, 1.54) is 16.8 Å². The maximum Gasteiger partial charge on any atom is 0.341 e. The molecule has 1 aromatic heterocycles. The van der Waals surface area contributed by atoms with Gasteiger partial charge >= 0.3 is 5.97 Å². The van der Waals surface area contributed by atoms with Crippen LogP contribution in [0.25, 0.3) is 0 Å². The molecule has 1 heterocycles. The van der Waals surface area contributed by atoms with Gasteiger partial charge in [-0.15, -0.1) is 0 Å². The van der Waals surface area contributed by atoms with Gasteiger partial charge in [-0.1, -0.05) is 0 Å². The summed E-state index contributed by atoms with van der Waals surface area (Å²) in [6.07, 6.45) is 2.93. The maximum absolute atomic E-state index is 10.5. The summed E-state index contributed by atoms with van der Waals surface area (Å²) in [7, 11) is 0. The molecule has 0 bridgehead atoms. The predicted molar refractivity (Wildman–Crippen MR) is 42.8 cm³/mol. The highest BCUT2D eigenvalue weighted by Crippen LogP contribution is 1.92. The minimum absolute atomic E-state index is 0.0128. The molecular weight excluding hydrogens is 172 g/mol. The number of carboxylic acid groups (broad SMARTS) is 1. The van der Waals surface area contributed by atoms with Crippen molar-refractivity contribution >= 4 is 11.9 Å². The largest absolute Gasteiger partial charge is 0.477 e. The molecule has 0 aliphatic carbocycles. The third-order valence-electron chi connectivity index (χ3n) is 1.44. The molecule has 0 fully saturated rings. The van der Waals surface area contributed by atoms with Gasteiger partial charge in [0.2, 0.25) is 6.54 Å². The van der Waals surface area contributed by atoms with Gasteiger partial charge in [0.1, 0.15) is 5.56 Å². The van der Waals surface area contributed by atoms with E-state index in [2.05, 4.69) is 0 Å². The number of hydrogen-bond donors (Lipinski definition) is 2. The highest BCUT2D eigenvalue weighted by atomic mass is 16.4. The molecule has 68 valence electrons. The summed E-state index contributed by atoms with van der Waals surface area (Å²) in [5.74, 6) is -1.54. The van der Waals surface area contributed by atoms with Crippen molar-refractivity contribution in [3.63, 3.8) is 0 Å². The minimum atomic E-state index is -1.03. The number of aromatic nitrogens is 1. The second kappa shape index (κ2) is 3.66. The standard InChI is InChI=1S/C8H8N2O3/c9-7(11)5-10-3-1-2-6(4-10)8(12)13/h1-4H,5H2,(H2-,9,11,12,13)/p+1. The van der Waals surface area contributed by atoms with Gasteiger partial charge in [0.15, 0.2) is 12.4 Å². The number of primary amides is 1. The fourth-order valence-electron chi connectivity index (χ4n) is 0.927. The molecule has 5 nitrogen and oxygen atoms in total. The Morgan fingerprint density at radius 2 is 2.23 bits per heavy atom. The zero-order valence-corrected chi connectivity index (χ0v) is 6.80. The van der Waals surface area contributed by atoms with E-state index in [1.807, 2.05) is 0 Å². The molecule has 3 N–H and O–H groups in total. The van der Waals surface area contributed by atoms with E-state index >= 15 is 0 Å². The summed E-state index contributed by atoms with van der Waals surface area (Å²) in [5, 5.41) is 8.61. The molecule has 0 unspecified atom stereocenters. The first-order chi connectivity index (χ1) is 6.09. The van der Waals surface area contributed by atoms with Crippen LogP contribution in [0.2, 0.25) is 0 Å². The van der Waals surface area contributed by atoms with Crippen LogP contribution in [-0.2, 0) is 11.3 Å². The highest BCUT2D eigenvalue weighted by Gasteiger charge is 2.09. The zero-order valence-electron chi connectivity index (χ0n) is 6.80. The summed E-state index contributed by atoms with van der Waals surface area (Å²) < 4.78 is 1.42. The number of aromatic carboxylic acids is 1. The minimum Gasteiger partial charge on any atom is -0.477 e. The van der Waals surface area contributed by atoms with E-state index in [0.29, 0.717) is 0 Å². The Morgan fingerprint density at radius 1 is 1.54 bits per heavy atom. The highest BCUT2D eigenvalue weighted by molar-refractivity contribution is 5.86. The summed E-state index contributed by atoms with van der Waals surface area (Å²) >= 11 is 0. The van der Waals surface area contributed by atoms with Gasteiger partial charge < -0.3 is 10.8 Å². The number of hydrogen-bond acceptors (Lipinski definition) is 2. The van der Waals surface area contributed by atoms with E-state index in [0.717, 1.165) is 0 Å². The van der Waals surface area contributed by atoms with Crippen LogP contribution >= 0.6 is 0 Å². The van der Waals surface area contributed by atoms with Crippen molar-refractivity contribution in [1.29, 1.82) is 0 Å². The van der Waals surface area contributed by atoms with Crippen molar-refractivity contribution in [2.24, 2.45) is 5.73 Å². The Balaban J connectivity index is 2.91. The lowest BCUT2D eigenvalue weighted by Crippen LogP contribution is -2.40. The van der Waals surface area contributed by atoms with Crippen molar-refractivity contribution in [3.8, 4) is 0 Å². The normalized spacial score (nSPS) is 9.54. The average Bonchev–Trinajstić information content (AvgIpc) is 2.03. The number of carboxylic acids is 1. The molecule has 1 amide bonds. The molecule has 0 aliphatic rings. The smallest absolute Gasteiger partial charge is 0.341 e. The Kier molecular flexibility index (Phi) is 2.59. The molecule has 5 heteroatoms. The predicted octanol–water partition coefficient (Wildman–Crippen LogP) is -0.842. The Morgan fingerprint density at radius 3 is 2.77 bits per heavy atom. The number of nitrogens with zero attached hydrogens (tertiary/aromatic N) is 1. The fourth-order valence-corrected chi connectivity index (χ4v) is 0.927. The fraction of sp³-hybridized carbons (Fsp3) is 0.125. The number of nitrogens with two attached hydrogens (primary N) is 1. The molecular formula is C8H9N2O3+. The van der Waals surface area contributed by atoms with Crippen LogP contribution < -0.4 is 10.3 Å². The first kappa shape index (κ1) is 9.18. The van der Waals surface area contributed by atoms with E-state index in [4.69, 9.17) is 10.8 Å². The molecule has 1 rings (SSSR count). The lowest BCUT2D eigenvalue weighted by Gasteiger charge is -1.93. The third-order valence-corrected chi connectivity index (χ3v) is 1.44. The molecule has 13 heavy (non-hydrogen) atoms. The van der Waals surface area contributed by atoms with Crippen LogP contribution in [-0.4, -0.2) is 17.0 Å². The molecule has 0 aliphatic heterocycles. The number of carbonyl (C=O) groups is 2. The van der Waals surface area contributed by atoms with Crippen molar-refractivity contribution in [1.82, 2.24) is 0 Å². The van der Waals surface area contributed by atoms with E-state index in [1.54, 1.807) is 12.3 Å². The molecule has 0 radical (unpaired) electrons. The lowest BCUT2D eigenvalue weighted by molar-refractivity contribution is -0.684. The summed E-state index contributed by atoms with van der Waals surface area (Å²) in [6, 6.07) is 2.99. The molecule has 0 spiro atoms. The van der Waals surface area contributed by atoms with Crippen molar-refractivity contribution in [3.05, 3.63) is 30.1 Å². The molecule has 0 saturated carbocycles. The first-order valence-corrected chi connectivity index (χ1v) is 3.60. The van der Waals surface area contributed by atoms with Crippen molar-refractivity contribution < 1.29 is 19.3 Å². The Hall–Kier alpha value is -1.91. The zero-order chi connectivity index (χ0) is 9.84. The van der Waals surface area contributed by atoms with Gasteiger partial charge in [-0.25, -0.2) is 4.79 Å². The third kappa shape index (κ3) is 2.55. The number of rotatable bonds is 3. The molecule has 1 aromatic rings. The maximum atomic E-state index is 10.5. The van der Waals surface area contributed by atoms with Gasteiger partial charge in [-0.05, 0) is 6.07 Å². The summed E-state index contributed by atoms with van der Waals surface area (Å²) in [5.41, 5.74) is 5.07. The Labute approximate surface area is 74.4 Å². The van der Waals surface area contributed by atoms with Crippen LogP contribution in [0.5, 0.6) is 0 Å². The van der Waals surface area contributed by atoms with Crippen molar-refractivity contribution in [2.75, 3.05) is 0 Å². The summed E-state index contributed by atoms with van der Waals surface area (Å²) in [4.78, 5) is 21.0.